The minimum absolute atomic E-state index is 0.379. The van der Waals surface area contributed by atoms with Crippen LogP contribution >= 0.6 is 15.9 Å². The van der Waals surface area contributed by atoms with Gasteiger partial charge in [-0.05, 0) is 35.0 Å². The fourth-order valence-electron chi connectivity index (χ4n) is 1.88. The molecule has 1 atom stereocenters. The van der Waals surface area contributed by atoms with Crippen LogP contribution in [-0.4, -0.2) is 33.5 Å². The van der Waals surface area contributed by atoms with E-state index in [0.29, 0.717) is 27.8 Å². The van der Waals surface area contributed by atoms with Crippen LogP contribution in [0, 0.1) is 5.82 Å². The molecule has 0 bridgehead atoms. The second-order valence-electron chi connectivity index (χ2n) is 4.82. The number of halogens is 2. The van der Waals surface area contributed by atoms with Crippen molar-refractivity contribution in [2.45, 2.75) is 13.0 Å². The third-order valence-corrected chi connectivity index (χ3v) is 3.70. The lowest BCUT2D eigenvalue weighted by Crippen LogP contribution is -2.43. The number of carbonyl (C=O) groups excluding carboxylic acids is 1. The van der Waals surface area contributed by atoms with Gasteiger partial charge in [0.25, 0.3) is 0 Å². The van der Waals surface area contributed by atoms with Crippen LogP contribution in [0.2, 0.25) is 0 Å². The van der Waals surface area contributed by atoms with Crippen molar-refractivity contribution >= 4 is 45.4 Å². The Hall–Kier alpha value is -2.68. The number of carboxylic acid groups (broad SMARTS) is 1. The van der Waals surface area contributed by atoms with Crippen LogP contribution in [0.4, 0.5) is 26.2 Å². The molecule has 0 aliphatic rings. The van der Waals surface area contributed by atoms with Gasteiger partial charge in [0.1, 0.15) is 18.1 Å². The highest BCUT2D eigenvalue weighted by atomic mass is 79.9. The number of amides is 1. The number of nitrogens with zero attached hydrogens (tertiary/aromatic N) is 2. The summed E-state index contributed by atoms with van der Waals surface area (Å²) in [5.74, 6) is -0.511. The minimum Gasteiger partial charge on any atom is -0.464 e. The van der Waals surface area contributed by atoms with Gasteiger partial charge in [-0.2, -0.15) is 0 Å². The number of aldehydes is 1. The topological polar surface area (TPSA) is 94.6 Å². The van der Waals surface area contributed by atoms with E-state index < -0.39 is 18.0 Å². The Labute approximate surface area is 145 Å². The predicted octanol–water partition coefficient (Wildman–Crippen LogP) is 3.62. The Morgan fingerprint density at radius 3 is 2.83 bits per heavy atom. The molecular formula is C15H14BrFN4O3. The van der Waals surface area contributed by atoms with E-state index in [1.165, 1.54) is 19.2 Å². The Kier molecular flexibility index (Phi) is 5.69. The maximum absolute atomic E-state index is 13.3. The molecular weight excluding hydrogens is 383 g/mol. The number of pyridine rings is 1. The second kappa shape index (κ2) is 7.73. The molecule has 1 aromatic heterocycles. The van der Waals surface area contributed by atoms with Gasteiger partial charge in [-0.25, -0.2) is 14.2 Å². The highest BCUT2D eigenvalue weighted by Crippen LogP contribution is 2.33. The Morgan fingerprint density at radius 2 is 2.21 bits per heavy atom. The third kappa shape index (κ3) is 4.19. The van der Waals surface area contributed by atoms with Crippen molar-refractivity contribution < 1.29 is 19.1 Å². The zero-order valence-electron chi connectivity index (χ0n) is 12.5. The van der Waals surface area contributed by atoms with E-state index in [2.05, 4.69) is 31.7 Å². The molecule has 0 aliphatic carbocycles. The van der Waals surface area contributed by atoms with Gasteiger partial charge >= 0.3 is 6.09 Å². The molecule has 1 heterocycles. The van der Waals surface area contributed by atoms with Gasteiger partial charge < -0.3 is 15.2 Å². The first-order valence-corrected chi connectivity index (χ1v) is 7.62. The number of aromatic nitrogens is 1. The molecule has 0 aliphatic heterocycles. The summed E-state index contributed by atoms with van der Waals surface area (Å²) >= 11 is 3.35. The zero-order chi connectivity index (χ0) is 17.7. The highest BCUT2D eigenvalue weighted by molar-refractivity contribution is 9.10. The van der Waals surface area contributed by atoms with Crippen molar-refractivity contribution in [2.75, 3.05) is 10.7 Å². The maximum atomic E-state index is 13.3. The fourth-order valence-corrected chi connectivity index (χ4v) is 2.35. The summed E-state index contributed by atoms with van der Waals surface area (Å²) in [6.45, 7) is 1.44. The molecule has 3 N–H and O–H groups in total. The van der Waals surface area contributed by atoms with Crippen molar-refractivity contribution in [1.29, 1.82) is 0 Å². The van der Waals surface area contributed by atoms with E-state index in [9.17, 15) is 19.1 Å². The van der Waals surface area contributed by atoms with Gasteiger partial charge in [0, 0.05) is 10.5 Å². The molecule has 126 valence electrons. The van der Waals surface area contributed by atoms with Crippen molar-refractivity contribution in [3.8, 4) is 0 Å². The smallest absolute Gasteiger partial charge is 0.426 e. The molecule has 1 aromatic carbocycles. The van der Waals surface area contributed by atoms with E-state index in [-0.39, 0.29) is 0 Å². The first-order chi connectivity index (χ1) is 11.4. The van der Waals surface area contributed by atoms with Gasteiger partial charge in [-0.1, -0.05) is 6.07 Å². The number of nitrogens with one attached hydrogen (secondary N) is 2. The van der Waals surface area contributed by atoms with Crippen molar-refractivity contribution in [3.63, 3.8) is 0 Å². The van der Waals surface area contributed by atoms with E-state index >= 15 is 0 Å². The normalized spacial score (nSPS) is 11.5. The average Bonchev–Trinajstić information content (AvgIpc) is 2.54. The van der Waals surface area contributed by atoms with Crippen LogP contribution in [0.15, 0.2) is 41.1 Å². The van der Waals surface area contributed by atoms with E-state index in [4.69, 9.17) is 0 Å². The van der Waals surface area contributed by atoms with Crippen molar-refractivity contribution in [3.05, 3.63) is 46.9 Å². The first-order valence-electron chi connectivity index (χ1n) is 6.82. The number of hydrogen-bond acceptors (Lipinski definition) is 5. The molecule has 1 unspecified atom stereocenters. The minimum atomic E-state index is -1.31. The number of carbonyl (C=O) groups is 2. The molecule has 2 aromatic rings. The summed E-state index contributed by atoms with van der Waals surface area (Å²) in [6, 6.07) is 5.39. The lowest BCUT2D eigenvalue weighted by atomic mass is 10.2. The molecule has 1 amide bonds. The highest BCUT2D eigenvalue weighted by Gasteiger charge is 2.20. The number of para-hydroxylation sites is 1. The van der Waals surface area contributed by atoms with E-state index in [1.807, 2.05) is 0 Å². The van der Waals surface area contributed by atoms with Gasteiger partial charge in [0.15, 0.2) is 0 Å². The molecule has 2 rings (SSSR count). The Balaban J connectivity index is 2.35. The molecule has 0 saturated carbocycles. The molecule has 0 radical (unpaired) electrons. The van der Waals surface area contributed by atoms with Crippen molar-refractivity contribution in [2.24, 2.45) is 0 Å². The van der Waals surface area contributed by atoms with Gasteiger partial charge in [-0.15, -0.1) is 0 Å². The lowest BCUT2D eigenvalue weighted by molar-refractivity contribution is -0.111. The SMILES string of the molecule is CC(C=O)N(Nc1cccc(Br)c1Nc1cncc(F)c1)C(=O)O. The fraction of sp³-hybridized carbons (Fsp3) is 0.133. The Morgan fingerprint density at radius 1 is 1.46 bits per heavy atom. The summed E-state index contributed by atoms with van der Waals surface area (Å²) in [6.07, 6.45) is 1.69. The Bertz CT molecular complexity index is 759. The first kappa shape index (κ1) is 17.7. The summed E-state index contributed by atoms with van der Waals surface area (Å²) < 4.78 is 13.9. The predicted molar refractivity (Wildman–Crippen MR) is 90.6 cm³/mol. The number of anilines is 3. The number of rotatable bonds is 6. The monoisotopic (exact) mass is 396 g/mol. The van der Waals surface area contributed by atoms with Crippen LogP contribution in [0.25, 0.3) is 0 Å². The van der Waals surface area contributed by atoms with Crippen LogP contribution in [0.1, 0.15) is 6.92 Å². The summed E-state index contributed by atoms with van der Waals surface area (Å²) in [5.41, 5.74) is 3.90. The van der Waals surface area contributed by atoms with Crippen LogP contribution in [0.3, 0.4) is 0 Å². The number of hydrogen-bond donors (Lipinski definition) is 3. The number of benzene rings is 1. The summed E-state index contributed by atoms with van der Waals surface area (Å²) in [5, 5.41) is 13.0. The standard InChI is InChI=1S/C15H14BrFN4O3/c1-9(8-22)21(15(23)24)20-13-4-2-3-12(16)14(13)19-11-5-10(17)6-18-7-11/h2-9,19-20H,1H3,(H,23,24). The van der Waals surface area contributed by atoms with Gasteiger partial charge in [0.2, 0.25) is 0 Å². The van der Waals surface area contributed by atoms with Crippen molar-refractivity contribution in [1.82, 2.24) is 9.99 Å². The largest absolute Gasteiger partial charge is 0.464 e. The quantitative estimate of drug-likeness (QED) is 0.509. The molecule has 7 nitrogen and oxygen atoms in total. The summed E-state index contributed by atoms with van der Waals surface area (Å²) in [4.78, 5) is 26.0. The van der Waals surface area contributed by atoms with Crippen LogP contribution < -0.4 is 10.7 Å². The maximum Gasteiger partial charge on any atom is 0.426 e. The molecule has 24 heavy (non-hydrogen) atoms. The van der Waals surface area contributed by atoms with Gasteiger partial charge in [0.05, 0.1) is 29.5 Å². The van der Waals surface area contributed by atoms with E-state index in [0.717, 1.165) is 11.2 Å². The lowest BCUT2D eigenvalue weighted by Gasteiger charge is -2.26. The molecule has 0 spiro atoms. The van der Waals surface area contributed by atoms with E-state index in [1.54, 1.807) is 18.2 Å². The van der Waals surface area contributed by atoms with Gasteiger partial charge in [-0.3, -0.25) is 10.4 Å². The average molecular weight is 397 g/mol. The van der Waals surface area contributed by atoms with Crippen LogP contribution in [-0.2, 0) is 4.79 Å². The second-order valence-corrected chi connectivity index (χ2v) is 5.67. The molecule has 0 saturated heterocycles. The molecule has 9 heteroatoms. The molecule has 0 fully saturated rings. The zero-order valence-corrected chi connectivity index (χ0v) is 14.1. The summed E-state index contributed by atoms with van der Waals surface area (Å²) in [7, 11) is 0. The number of hydrazine groups is 1. The van der Waals surface area contributed by atoms with Crippen LogP contribution in [0.5, 0.6) is 0 Å². The third-order valence-electron chi connectivity index (χ3n) is 3.04.